The molecule has 0 saturated heterocycles. The second-order valence-corrected chi connectivity index (χ2v) is 6.45. The number of aromatic nitrogens is 2. The summed E-state index contributed by atoms with van der Waals surface area (Å²) in [6.45, 7) is 9.84. The van der Waals surface area contributed by atoms with E-state index in [0.29, 0.717) is 36.6 Å². The predicted octanol–water partition coefficient (Wildman–Crippen LogP) is 4.09. The van der Waals surface area contributed by atoms with E-state index in [1.54, 1.807) is 11.8 Å². The number of hydrogen-bond acceptors (Lipinski definition) is 5. The Morgan fingerprint density at radius 2 is 1.74 bits per heavy atom. The van der Waals surface area contributed by atoms with Crippen molar-refractivity contribution in [1.82, 2.24) is 14.9 Å². The third-order valence-electron chi connectivity index (χ3n) is 4.52. The van der Waals surface area contributed by atoms with Gasteiger partial charge in [-0.05, 0) is 51.5 Å². The van der Waals surface area contributed by atoms with Crippen LogP contribution >= 0.6 is 0 Å². The minimum atomic E-state index is -0.0765. The first-order chi connectivity index (χ1) is 13.0. The molecule has 2 aromatic rings. The van der Waals surface area contributed by atoms with Gasteiger partial charge in [0.1, 0.15) is 5.75 Å². The van der Waals surface area contributed by atoms with Gasteiger partial charge in [-0.1, -0.05) is 19.8 Å². The first-order valence-corrected chi connectivity index (χ1v) is 9.68. The maximum atomic E-state index is 13.0. The first-order valence-electron chi connectivity index (χ1n) is 9.68. The van der Waals surface area contributed by atoms with E-state index in [9.17, 15) is 4.79 Å². The summed E-state index contributed by atoms with van der Waals surface area (Å²) in [6, 6.07) is 7.63. The van der Waals surface area contributed by atoms with Crippen LogP contribution < -0.4 is 10.5 Å². The van der Waals surface area contributed by atoms with Crippen LogP contribution in [0, 0.1) is 6.92 Å². The summed E-state index contributed by atoms with van der Waals surface area (Å²) in [5.41, 5.74) is 8.34. The van der Waals surface area contributed by atoms with Crippen LogP contribution in [0.25, 0.3) is 11.3 Å². The van der Waals surface area contributed by atoms with Crippen LogP contribution in [0.4, 0.5) is 5.95 Å². The van der Waals surface area contributed by atoms with Crippen LogP contribution in [0.3, 0.4) is 0 Å². The summed E-state index contributed by atoms with van der Waals surface area (Å²) >= 11 is 0. The molecular formula is C21H30N4O2. The van der Waals surface area contributed by atoms with Gasteiger partial charge in [-0.3, -0.25) is 4.79 Å². The van der Waals surface area contributed by atoms with Gasteiger partial charge in [0.25, 0.3) is 5.91 Å². The van der Waals surface area contributed by atoms with E-state index in [0.717, 1.165) is 24.2 Å². The van der Waals surface area contributed by atoms with Gasteiger partial charge in [0.05, 0.1) is 23.6 Å². The molecule has 0 unspecified atom stereocenters. The fourth-order valence-electron chi connectivity index (χ4n) is 2.98. The number of amides is 1. The van der Waals surface area contributed by atoms with Gasteiger partial charge in [0.2, 0.25) is 5.95 Å². The van der Waals surface area contributed by atoms with Gasteiger partial charge < -0.3 is 15.4 Å². The number of rotatable bonds is 9. The molecule has 0 bridgehead atoms. The highest BCUT2D eigenvalue weighted by atomic mass is 16.5. The molecule has 1 amide bonds. The molecule has 6 heteroatoms. The lowest BCUT2D eigenvalue weighted by Gasteiger charge is -2.21. The van der Waals surface area contributed by atoms with Crippen LogP contribution in [0.2, 0.25) is 0 Å². The number of hydrogen-bond donors (Lipinski definition) is 1. The van der Waals surface area contributed by atoms with Gasteiger partial charge in [0.15, 0.2) is 0 Å². The molecule has 2 N–H and O–H groups in total. The largest absolute Gasteiger partial charge is 0.494 e. The average Bonchev–Trinajstić information content (AvgIpc) is 2.66. The van der Waals surface area contributed by atoms with Crippen LogP contribution in [-0.4, -0.2) is 40.5 Å². The molecule has 0 aliphatic heterocycles. The SMILES string of the molecule is CCCCCOc1ccc(-c2nc(N)nc(C)c2C(=O)N(CC)CC)cc1. The van der Waals surface area contributed by atoms with Crippen molar-refractivity contribution < 1.29 is 9.53 Å². The molecule has 0 aliphatic rings. The lowest BCUT2D eigenvalue weighted by Crippen LogP contribution is -2.32. The summed E-state index contributed by atoms with van der Waals surface area (Å²) in [6.07, 6.45) is 3.37. The zero-order valence-corrected chi connectivity index (χ0v) is 16.8. The third-order valence-corrected chi connectivity index (χ3v) is 4.52. The molecule has 27 heavy (non-hydrogen) atoms. The van der Waals surface area contributed by atoms with Gasteiger partial charge in [-0.25, -0.2) is 9.97 Å². The maximum Gasteiger partial charge on any atom is 0.257 e. The lowest BCUT2D eigenvalue weighted by molar-refractivity contribution is 0.0772. The standard InChI is InChI=1S/C21H30N4O2/c1-5-8-9-14-27-17-12-10-16(11-13-17)19-18(15(4)23-21(22)24-19)20(26)25(6-2)7-3/h10-13H,5-9,14H2,1-4H3,(H2,22,23,24). The molecule has 0 radical (unpaired) electrons. The Balaban J connectivity index is 2.33. The van der Waals surface area contributed by atoms with Crippen molar-refractivity contribution in [2.24, 2.45) is 0 Å². The van der Waals surface area contributed by atoms with Crippen molar-refractivity contribution in [2.75, 3.05) is 25.4 Å². The van der Waals surface area contributed by atoms with Crippen molar-refractivity contribution in [3.63, 3.8) is 0 Å². The number of ether oxygens (including phenoxy) is 1. The number of aryl methyl sites for hydroxylation is 1. The molecule has 1 aromatic heterocycles. The van der Waals surface area contributed by atoms with E-state index in [2.05, 4.69) is 16.9 Å². The fraction of sp³-hybridized carbons (Fsp3) is 0.476. The number of nitrogens with two attached hydrogens (primary N) is 1. The number of nitrogen functional groups attached to an aromatic ring is 1. The summed E-state index contributed by atoms with van der Waals surface area (Å²) in [5.74, 6) is 0.899. The van der Waals surface area contributed by atoms with Gasteiger partial charge in [0, 0.05) is 18.7 Å². The highest BCUT2D eigenvalue weighted by molar-refractivity contribution is 6.01. The Morgan fingerprint density at radius 3 is 2.33 bits per heavy atom. The topological polar surface area (TPSA) is 81.3 Å². The molecule has 1 aromatic carbocycles. The Bertz CT molecular complexity index is 756. The quantitative estimate of drug-likeness (QED) is 0.673. The van der Waals surface area contributed by atoms with Gasteiger partial charge in [-0.15, -0.1) is 0 Å². The minimum Gasteiger partial charge on any atom is -0.494 e. The molecule has 0 aliphatic carbocycles. The van der Waals surface area contributed by atoms with Crippen molar-refractivity contribution in [2.45, 2.75) is 47.0 Å². The Hall–Kier alpha value is -2.63. The molecule has 0 atom stereocenters. The minimum absolute atomic E-state index is 0.0765. The molecular weight excluding hydrogens is 340 g/mol. The summed E-state index contributed by atoms with van der Waals surface area (Å²) in [7, 11) is 0. The number of benzene rings is 1. The van der Waals surface area contributed by atoms with Gasteiger partial charge in [-0.2, -0.15) is 0 Å². The molecule has 146 valence electrons. The fourth-order valence-corrected chi connectivity index (χ4v) is 2.98. The zero-order valence-electron chi connectivity index (χ0n) is 16.8. The molecule has 1 heterocycles. The van der Waals surface area contributed by atoms with E-state index in [4.69, 9.17) is 10.5 Å². The molecule has 6 nitrogen and oxygen atoms in total. The average molecular weight is 370 g/mol. The summed E-state index contributed by atoms with van der Waals surface area (Å²) in [4.78, 5) is 23.3. The van der Waals surface area contributed by atoms with Crippen molar-refractivity contribution >= 4 is 11.9 Å². The Kier molecular flexibility index (Phi) is 7.58. The number of carbonyl (C=O) groups is 1. The molecule has 0 saturated carbocycles. The van der Waals surface area contributed by atoms with Crippen LogP contribution in [0.5, 0.6) is 5.75 Å². The molecule has 0 spiro atoms. The van der Waals surface area contributed by atoms with E-state index in [1.165, 1.54) is 6.42 Å². The Morgan fingerprint density at radius 1 is 1.07 bits per heavy atom. The normalized spacial score (nSPS) is 10.7. The van der Waals surface area contributed by atoms with Crippen LogP contribution in [-0.2, 0) is 0 Å². The molecule has 0 fully saturated rings. The number of unbranched alkanes of at least 4 members (excludes halogenated alkanes) is 2. The first kappa shape index (κ1) is 20.7. The van der Waals surface area contributed by atoms with E-state index >= 15 is 0 Å². The van der Waals surface area contributed by atoms with Crippen molar-refractivity contribution in [1.29, 1.82) is 0 Å². The molecule has 2 rings (SSSR count). The van der Waals surface area contributed by atoms with Crippen molar-refractivity contribution in [3.05, 3.63) is 35.5 Å². The van der Waals surface area contributed by atoms with Crippen molar-refractivity contribution in [3.8, 4) is 17.0 Å². The van der Waals surface area contributed by atoms with Crippen LogP contribution in [0.15, 0.2) is 24.3 Å². The zero-order chi connectivity index (χ0) is 19.8. The second-order valence-electron chi connectivity index (χ2n) is 6.45. The number of carbonyl (C=O) groups excluding carboxylic acids is 1. The summed E-state index contributed by atoms with van der Waals surface area (Å²) in [5, 5.41) is 0. The second kappa shape index (κ2) is 9.90. The third kappa shape index (κ3) is 5.18. The maximum absolute atomic E-state index is 13.0. The van der Waals surface area contributed by atoms with Gasteiger partial charge >= 0.3 is 0 Å². The van der Waals surface area contributed by atoms with E-state index < -0.39 is 0 Å². The highest BCUT2D eigenvalue weighted by Crippen LogP contribution is 2.27. The monoisotopic (exact) mass is 370 g/mol. The van der Waals surface area contributed by atoms with Crippen LogP contribution in [0.1, 0.15) is 56.1 Å². The van der Waals surface area contributed by atoms with E-state index in [1.807, 2.05) is 38.1 Å². The lowest BCUT2D eigenvalue weighted by atomic mass is 10.0. The number of nitrogens with zero attached hydrogens (tertiary/aromatic N) is 3. The highest BCUT2D eigenvalue weighted by Gasteiger charge is 2.22. The number of anilines is 1. The Labute approximate surface area is 161 Å². The predicted molar refractivity (Wildman–Crippen MR) is 109 cm³/mol. The summed E-state index contributed by atoms with van der Waals surface area (Å²) < 4.78 is 5.76. The smallest absolute Gasteiger partial charge is 0.257 e. The van der Waals surface area contributed by atoms with E-state index in [-0.39, 0.29) is 11.9 Å².